The molecule has 0 aromatic carbocycles. The summed E-state index contributed by atoms with van der Waals surface area (Å²) in [7, 11) is 0. The third-order valence-corrected chi connectivity index (χ3v) is 4.76. The van der Waals surface area contributed by atoms with Crippen LogP contribution in [0.5, 0.6) is 0 Å². The fourth-order valence-corrected chi connectivity index (χ4v) is 3.06. The molecule has 2 aromatic heterocycles. The first-order chi connectivity index (χ1) is 13.2. The Labute approximate surface area is 185 Å². The molecule has 2 heterocycles. The first kappa shape index (κ1) is 24.5. The SMILES string of the molecule is CCNC(=NCc1cc(C(CC)CC)no1)NCCCCn1ccnc1C.I. The van der Waals surface area contributed by atoms with Crippen LogP contribution in [0.3, 0.4) is 0 Å². The molecule has 158 valence electrons. The van der Waals surface area contributed by atoms with E-state index in [1.165, 1.54) is 0 Å². The third kappa shape index (κ3) is 7.81. The van der Waals surface area contributed by atoms with Gasteiger partial charge < -0.3 is 19.7 Å². The van der Waals surface area contributed by atoms with Crippen LogP contribution in [0.4, 0.5) is 0 Å². The largest absolute Gasteiger partial charge is 0.359 e. The van der Waals surface area contributed by atoms with Gasteiger partial charge in [0.2, 0.25) is 0 Å². The molecule has 2 aromatic rings. The summed E-state index contributed by atoms with van der Waals surface area (Å²) in [6.07, 6.45) is 8.21. The molecule has 0 spiro atoms. The highest BCUT2D eigenvalue weighted by Gasteiger charge is 2.12. The van der Waals surface area contributed by atoms with Crippen LogP contribution in [-0.4, -0.2) is 33.8 Å². The monoisotopic (exact) mass is 502 g/mol. The first-order valence-electron chi connectivity index (χ1n) is 10.1. The molecular weight excluding hydrogens is 467 g/mol. The van der Waals surface area contributed by atoms with Crippen LogP contribution in [-0.2, 0) is 13.1 Å². The minimum absolute atomic E-state index is 0. The number of aliphatic imine (C=N–C) groups is 1. The molecule has 7 nitrogen and oxygen atoms in total. The van der Waals surface area contributed by atoms with E-state index < -0.39 is 0 Å². The smallest absolute Gasteiger partial charge is 0.191 e. The molecule has 0 aliphatic rings. The standard InChI is InChI=1S/C20H34N6O.HI/c1-5-17(6-2)19-14-18(27-25-19)15-24-20(21-7-3)23-10-8-9-12-26-13-11-22-16(26)4;/h11,13-14,17H,5-10,12,15H2,1-4H3,(H2,21,23,24);1H. The van der Waals surface area contributed by atoms with Crippen molar-refractivity contribution in [3.63, 3.8) is 0 Å². The molecule has 0 amide bonds. The van der Waals surface area contributed by atoms with Crippen molar-refractivity contribution in [2.45, 2.75) is 72.4 Å². The maximum absolute atomic E-state index is 5.45. The van der Waals surface area contributed by atoms with Crippen LogP contribution in [0.1, 0.15) is 69.7 Å². The highest BCUT2D eigenvalue weighted by molar-refractivity contribution is 14.0. The topological polar surface area (TPSA) is 80.3 Å². The second-order valence-electron chi connectivity index (χ2n) is 6.73. The Morgan fingerprint density at radius 1 is 1.21 bits per heavy atom. The number of hydrogen-bond donors (Lipinski definition) is 2. The van der Waals surface area contributed by atoms with Crippen molar-refractivity contribution < 1.29 is 4.52 Å². The predicted molar refractivity (Wildman–Crippen MR) is 124 cm³/mol. The zero-order valence-corrected chi connectivity index (χ0v) is 19.9. The fraction of sp³-hybridized carbons (Fsp3) is 0.650. The summed E-state index contributed by atoms with van der Waals surface area (Å²) in [6, 6.07) is 2.04. The number of aromatic nitrogens is 3. The van der Waals surface area contributed by atoms with E-state index in [1.807, 2.05) is 25.4 Å². The van der Waals surface area contributed by atoms with Gasteiger partial charge in [-0.15, -0.1) is 24.0 Å². The van der Waals surface area contributed by atoms with Crippen LogP contribution in [0, 0.1) is 6.92 Å². The Hall–Kier alpha value is -1.58. The second-order valence-corrected chi connectivity index (χ2v) is 6.73. The Kier molecular flexibility index (Phi) is 11.9. The zero-order valence-electron chi connectivity index (χ0n) is 17.6. The van der Waals surface area contributed by atoms with Gasteiger partial charge >= 0.3 is 0 Å². The number of nitrogens with one attached hydrogen (secondary N) is 2. The number of guanidine groups is 1. The summed E-state index contributed by atoms with van der Waals surface area (Å²) in [4.78, 5) is 8.86. The molecule has 2 N–H and O–H groups in total. The van der Waals surface area contributed by atoms with Crippen molar-refractivity contribution >= 4 is 29.9 Å². The number of hydrogen-bond acceptors (Lipinski definition) is 4. The zero-order chi connectivity index (χ0) is 19.5. The van der Waals surface area contributed by atoms with E-state index in [-0.39, 0.29) is 24.0 Å². The van der Waals surface area contributed by atoms with E-state index in [2.05, 4.69) is 51.1 Å². The van der Waals surface area contributed by atoms with E-state index in [0.717, 1.165) is 68.6 Å². The highest BCUT2D eigenvalue weighted by atomic mass is 127. The van der Waals surface area contributed by atoms with E-state index >= 15 is 0 Å². The molecule has 0 saturated carbocycles. The van der Waals surface area contributed by atoms with E-state index in [4.69, 9.17) is 4.52 Å². The predicted octanol–water partition coefficient (Wildman–Crippen LogP) is 4.24. The van der Waals surface area contributed by atoms with Crippen LogP contribution in [0.25, 0.3) is 0 Å². The van der Waals surface area contributed by atoms with Crippen LogP contribution in [0.2, 0.25) is 0 Å². The van der Waals surface area contributed by atoms with Crippen molar-refractivity contribution in [1.82, 2.24) is 25.3 Å². The van der Waals surface area contributed by atoms with Gasteiger partial charge in [-0.05, 0) is 39.5 Å². The fourth-order valence-electron chi connectivity index (χ4n) is 3.06. The molecule has 0 aliphatic carbocycles. The van der Waals surface area contributed by atoms with Crippen molar-refractivity contribution in [2.24, 2.45) is 4.99 Å². The molecule has 0 fully saturated rings. The van der Waals surface area contributed by atoms with Gasteiger partial charge in [-0.25, -0.2) is 9.98 Å². The number of unbranched alkanes of at least 4 members (excludes halogenated alkanes) is 1. The molecule has 0 unspecified atom stereocenters. The average molecular weight is 502 g/mol. The van der Waals surface area contributed by atoms with Gasteiger partial charge in [-0.1, -0.05) is 19.0 Å². The van der Waals surface area contributed by atoms with Crippen molar-refractivity contribution in [2.75, 3.05) is 13.1 Å². The van der Waals surface area contributed by atoms with Gasteiger partial charge in [0.05, 0.1) is 5.69 Å². The summed E-state index contributed by atoms with van der Waals surface area (Å²) in [5.41, 5.74) is 1.04. The van der Waals surface area contributed by atoms with E-state index in [1.54, 1.807) is 0 Å². The van der Waals surface area contributed by atoms with Crippen molar-refractivity contribution in [1.29, 1.82) is 0 Å². The molecule has 0 atom stereocenters. The summed E-state index contributed by atoms with van der Waals surface area (Å²) in [5.74, 6) is 3.16. The molecule has 28 heavy (non-hydrogen) atoms. The van der Waals surface area contributed by atoms with Gasteiger partial charge in [-0.2, -0.15) is 0 Å². The normalized spacial score (nSPS) is 11.5. The van der Waals surface area contributed by atoms with Crippen LogP contribution in [0.15, 0.2) is 28.0 Å². The van der Waals surface area contributed by atoms with E-state index in [9.17, 15) is 0 Å². The number of nitrogens with zero attached hydrogens (tertiary/aromatic N) is 4. The molecule has 0 aliphatic heterocycles. The minimum Gasteiger partial charge on any atom is -0.359 e. The maximum atomic E-state index is 5.45. The van der Waals surface area contributed by atoms with Crippen molar-refractivity contribution in [3.05, 3.63) is 35.7 Å². The lowest BCUT2D eigenvalue weighted by atomic mass is 9.99. The average Bonchev–Trinajstić information content (AvgIpc) is 3.30. The number of rotatable bonds is 11. The van der Waals surface area contributed by atoms with Gasteiger partial charge in [0.1, 0.15) is 12.4 Å². The molecule has 0 radical (unpaired) electrons. The molecule has 2 rings (SSSR count). The molecule has 0 bridgehead atoms. The number of aryl methyl sites for hydroxylation is 2. The quantitative estimate of drug-likeness (QED) is 0.208. The van der Waals surface area contributed by atoms with Gasteiger partial charge in [0, 0.05) is 44.0 Å². The summed E-state index contributed by atoms with van der Waals surface area (Å²) >= 11 is 0. The summed E-state index contributed by atoms with van der Waals surface area (Å²) in [5, 5.41) is 10.9. The third-order valence-electron chi connectivity index (χ3n) is 4.76. The van der Waals surface area contributed by atoms with Gasteiger partial charge in [0.25, 0.3) is 0 Å². The minimum atomic E-state index is 0. The number of imidazole rings is 1. The Morgan fingerprint density at radius 3 is 2.64 bits per heavy atom. The lowest BCUT2D eigenvalue weighted by Gasteiger charge is -2.11. The second kappa shape index (κ2) is 13.6. The number of halogens is 1. The lowest BCUT2D eigenvalue weighted by Crippen LogP contribution is -2.37. The molecular formula is C20H35IN6O. The van der Waals surface area contributed by atoms with E-state index in [0.29, 0.717) is 12.5 Å². The van der Waals surface area contributed by atoms with Gasteiger partial charge in [0.15, 0.2) is 11.7 Å². The van der Waals surface area contributed by atoms with Crippen molar-refractivity contribution in [3.8, 4) is 0 Å². The lowest BCUT2D eigenvalue weighted by molar-refractivity contribution is 0.372. The Morgan fingerprint density at radius 2 is 2.00 bits per heavy atom. The van der Waals surface area contributed by atoms with Gasteiger partial charge in [-0.3, -0.25) is 0 Å². The first-order valence-corrected chi connectivity index (χ1v) is 10.1. The summed E-state index contributed by atoms with van der Waals surface area (Å²) in [6.45, 7) is 11.7. The molecule has 8 heteroatoms. The Balaban J connectivity index is 0.00000392. The highest BCUT2D eigenvalue weighted by Crippen LogP contribution is 2.22. The van der Waals surface area contributed by atoms with Crippen LogP contribution < -0.4 is 10.6 Å². The Bertz CT molecular complexity index is 692. The molecule has 0 saturated heterocycles. The van der Waals surface area contributed by atoms with Crippen LogP contribution >= 0.6 is 24.0 Å². The summed E-state index contributed by atoms with van der Waals surface area (Å²) < 4.78 is 7.63. The maximum Gasteiger partial charge on any atom is 0.191 e.